The summed E-state index contributed by atoms with van der Waals surface area (Å²) in [5.74, 6) is 2.31. The topological polar surface area (TPSA) is 20.2 Å². The first-order valence-corrected chi connectivity index (χ1v) is 7.65. The molecule has 2 aliphatic rings. The van der Waals surface area contributed by atoms with E-state index in [4.69, 9.17) is 0 Å². The van der Waals surface area contributed by atoms with E-state index in [0.717, 1.165) is 6.42 Å². The Labute approximate surface area is 108 Å². The summed E-state index contributed by atoms with van der Waals surface area (Å²) < 4.78 is 0. The Bertz CT molecular complexity index is 391. The molecule has 1 nitrogen and oxygen atoms in total. The van der Waals surface area contributed by atoms with E-state index in [1.54, 1.807) is 0 Å². The number of hydrogen-bond acceptors (Lipinski definition) is 2. The largest absolute Gasteiger partial charge is 0.388 e. The van der Waals surface area contributed by atoms with E-state index in [2.05, 4.69) is 37.3 Å². The van der Waals surface area contributed by atoms with Crippen LogP contribution < -0.4 is 0 Å². The van der Waals surface area contributed by atoms with Crippen molar-refractivity contribution in [2.45, 2.75) is 43.0 Å². The van der Waals surface area contributed by atoms with Crippen LogP contribution in [-0.2, 0) is 0 Å². The van der Waals surface area contributed by atoms with Crippen molar-refractivity contribution in [3.05, 3.63) is 35.9 Å². The number of rotatable bonds is 2. The fourth-order valence-electron chi connectivity index (χ4n) is 3.27. The SMILES string of the molecule is CC1SCCCC1(O)C1CC1c1ccccc1. The van der Waals surface area contributed by atoms with Crippen molar-refractivity contribution in [1.82, 2.24) is 0 Å². The summed E-state index contributed by atoms with van der Waals surface area (Å²) >= 11 is 1.94. The molecule has 1 saturated carbocycles. The smallest absolute Gasteiger partial charge is 0.0797 e. The summed E-state index contributed by atoms with van der Waals surface area (Å²) in [6.07, 6.45) is 3.34. The fraction of sp³-hybridized carbons (Fsp3) is 0.600. The van der Waals surface area contributed by atoms with Crippen LogP contribution in [0.15, 0.2) is 30.3 Å². The molecule has 4 atom stereocenters. The Hall–Kier alpha value is -0.470. The zero-order valence-corrected chi connectivity index (χ0v) is 11.1. The number of aliphatic hydroxyl groups is 1. The molecule has 1 saturated heterocycles. The molecule has 2 heteroatoms. The van der Waals surface area contributed by atoms with Crippen molar-refractivity contribution in [3.8, 4) is 0 Å². The van der Waals surface area contributed by atoms with Gasteiger partial charge in [-0.1, -0.05) is 37.3 Å². The highest BCUT2D eigenvalue weighted by molar-refractivity contribution is 8.00. The van der Waals surface area contributed by atoms with Crippen LogP contribution in [0.5, 0.6) is 0 Å². The van der Waals surface area contributed by atoms with E-state index in [9.17, 15) is 5.11 Å². The average molecular weight is 248 g/mol. The van der Waals surface area contributed by atoms with Gasteiger partial charge in [-0.2, -0.15) is 11.8 Å². The fourth-order valence-corrected chi connectivity index (χ4v) is 4.51. The number of hydrogen-bond donors (Lipinski definition) is 1. The van der Waals surface area contributed by atoms with Crippen molar-refractivity contribution >= 4 is 11.8 Å². The third-order valence-electron chi connectivity index (χ3n) is 4.45. The van der Waals surface area contributed by atoms with Crippen LogP contribution in [-0.4, -0.2) is 21.7 Å². The van der Waals surface area contributed by atoms with Crippen LogP contribution in [0, 0.1) is 5.92 Å². The molecule has 0 amide bonds. The first-order valence-electron chi connectivity index (χ1n) is 6.61. The summed E-state index contributed by atoms with van der Waals surface area (Å²) in [4.78, 5) is 0. The van der Waals surface area contributed by atoms with Gasteiger partial charge >= 0.3 is 0 Å². The molecule has 4 unspecified atom stereocenters. The van der Waals surface area contributed by atoms with E-state index < -0.39 is 5.60 Å². The molecule has 1 aliphatic carbocycles. The minimum absolute atomic E-state index is 0.398. The maximum absolute atomic E-state index is 10.9. The maximum atomic E-state index is 10.9. The molecule has 1 aromatic carbocycles. The second-order valence-corrected chi connectivity index (χ2v) is 6.92. The summed E-state index contributed by atoms with van der Waals surface area (Å²) in [5.41, 5.74) is 0.998. The number of benzene rings is 1. The highest BCUT2D eigenvalue weighted by Gasteiger charge is 2.55. The highest BCUT2D eigenvalue weighted by Crippen LogP contribution is 2.58. The molecular formula is C15H20OS. The molecule has 0 bridgehead atoms. The quantitative estimate of drug-likeness (QED) is 0.865. The van der Waals surface area contributed by atoms with Gasteiger partial charge in [-0.25, -0.2) is 0 Å². The van der Waals surface area contributed by atoms with E-state index in [-0.39, 0.29) is 0 Å². The summed E-state index contributed by atoms with van der Waals surface area (Å²) in [6, 6.07) is 10.7. The summed E-state index contributed by atoms with van der Waals surface area (Å²) in [5, 5.41) is 11.3. The lowest BCUT2D eigenvalue weighted by molar-refractivity contribution is 0.00536. The van der Waals surface area contributed by atoms with Gasteiger partial charge < -0.3 is 5.11 Å². The lowest BCUT2D eigenvalue weighted by atomic mass is 9.86. The Kier molecular flexibility index (Phi) is 2.95. The van der Waals surface area contributed by atoms with Gasteiger partial charge in [0.2, 0.25) is 0 Å². The van der Waals surface area contributed by atoms with Crippen LogP contribution in [0.3, 0.4) is 0 Å². The van der Waals surface area contributed by atoms with Crippen molar-refractivity contribution in [1.29, 1.82) is 0 Å². The van der Waals surface area contributed by atoms with Gasteiger partial charge in [0.25, 0.3) is 0 Å². The van der Waals surface area contributed by atoms with Gasteiger partial charge in [-0.05, 0) is 42.4 Å². The predicted octanol–water partition coefficient (Wildman–Crippen LogP) is 3.44. The standard InChI is InChI=1S/C15H20OS/c1-11-15(16,8-5-9-17-11)14-10-13(14)12-6-3-2-4-7-12/h2-4,6-7,11,13-14,16H,5,8-10H2,1H3. The van der Waals surface area contributed by atoms with E-state index >= 15 is 0 Å². The van der Waals surface area contributed by atoms with Crippen LogP contribution in [0.1, 0.15) is 37.7 Å². The lowest BCUT2D eigenvalue weighted by Crippen LogP contribution is -2.44. The second-order valence-electron chi connectivity index (χ2n) is 5.47. The maximum Gasteiger partial charge on any atom is 0.0797 e. The first-order chi connectivity index (χ1) is 8.22. The van der Waals surface area contributed by atoms with Crippen LogP contribution >= 0.6 is 11.8 Å². The third kappa shape index (κ3) is 2.02. The Balaban J connectivity index is 1.75. The zero-order chi connectivity index (χ0) is 11.9. The van der Waals surface area contributed by atoms with Gasteiger partial charge in [0.1, 0.15) is 0 Å². The normalized spacial score (nSPS) is 41.2. The molecule has 1 aromatic rings. The number of thioether (sulfide) groups is 1. The molecule has 0 spiro atoms. The molecule has 1 aliphatic heterocycles. The molecule has 17 heavy (non-hydrogen) atoms. The molecule has 0 radical (unpaired) electrons. The molecule has 0 aromatic heterocycles. The molecule has 92 valence electrons. The van der Waals surface area contributed by atoms with E-state index in [1.807, 2.05) is 11.8 Å². The van der Waals surface area contributed by atoms with Crippen molar-refractivity contribution in [2.24, 2.45) is 5.92 Å². The molecule has 1 N–H and O–H groups in total. The second kappa shape index (κ2) is 4.33. The molecular weight excluding hydrogens is 228 g/mol. The van der Waals surface area contributed by atoms with Gasteiger partial charge in [0.05, 0.1) is 5.60 Å². The van der Waals surface area contributed by atoms with Gasteiger partial charge in [-0.3, -0.25) is 0 Å². The summed E-state index contributed by atoms with van der Waals surface area (Å²) in [7, 11) is 0. The predicted molar refractivity (Wildman–Crippen MR) is 73.4 cm³/mol. The van der Waals surface area contributed by atoms with Crippen molar-refractivity contribution < 1.29 is 5.11 Å². The molecule has 2 fully saturated rings. The average Bonchev–Trinajstić information content (AvgIpc) is 3.15. The minimum Gasteiger partial charge on any atom is -0.388 e. The molecule has 1 heterocycles. The Morgan fingerprint density at radius 1 is 1.29 bits per heavy atom. The van der Waals surface area contributed by atoms with Crippen molar-refractivity contribution in [3.63, 3.8) is 0 Å². The van der Waals surface area contributed by atoms with Crippen LogP contribution in [0.25, 0.3) is 0 Å². The van der Waals surface area contributed by atoms with Crippen molar-refractivity contribution in [2.75, 3.05) is 5.75 Å². The summed E-state index contributed by atoms with van der Waals surface area (Å²) in [6.45, 7) is 2.20. The van der Waals surface area contributed by atoms with E-state index in [0.29, 0.717) is 17.1 Å². The Morgan fingerprint density at radius 3 is 2.76 bits per heavy atom. The van der Waals surface area contributed by atoms with Gasteiger partial charge in [-0.15, -0.1) is 0 Å². The highest BCUT2D eigenvalue weighted by atomic mass is 32.2. The van der Waals surface area contributed by atoms with E-state index in [1.165, 1.54) is 24.2 Å². The zero-order valence-electron chi connectivity index (χ0n) is 10.3. The minimum atomic E-state index is -0.413. The lowest BCUT2D eigenvalue weighted by Gasteiger charge is -2.38. The van der Waals surface area contributed by atoms with Crippen LogP contribution in [0.2, 0.25) is 0 Å². The molecule has 3 rings (SSSR count). The third-order valence-corrected chi connectivity index (χ3v) is 5.89. The van der Waals surface area contributed by atoms with Gasteiger partial charge in [0, 0.05) is 5.25 Å². The first kappa shape index (κ1) is 11.6. The van der Waals surface area contributed by atoms with Crippen LogP contribution in [0.4, 0.5) is 0 Å². The Morgan fingerprint density at radius 2 is 2.06 bits per heavy atom. The van der Waals surface area contributed by atoms with Gasteiger partial charge in [0.15, 0.2) is 0 Å². The monoisotopic (exact) mass is 248 g/mol.